The lowest BCUT2D eigenvalue weighted by Crippen LogP contribution is -1.95. The minimum absolute atomic E-state index is 0.629. The maximum Gasteiger partial charge on any atom is 0.0178 e. The Morgan fingerprint density at radius 3 is 1.19 bits per heavy atom. The molecule has 0 unspecified atom stereocenters. The molecular formula is C22H32N2S2. The van der Waals surface area contributed by atoms with E-state index in [-0.39, 0.29) is 0 Å². The topological polar surface area (TPSA) is 52.0 Å². The number of hydrogen-bond donors (Lipinski definition) is 2. The number of nitrogens with two attached hydrogens (primary N) is 2. The highest BCUT2D eigenvalue weighted by Crippen LogP contribution is 2.22. The molecule has 0 fully saturated rings. The maximum absolute atomic E-state index is 5.63. The van der Waals surface area contributed by atoms with Gasteiger partial charge in [-0.05, 0) is 59.7 Å². The molecule has 0 aliphatic rings. The molecule has 0 aliphatic heterocycles. The molecule has 2 aromatic carbocycles. The van der Waals surface area contributed by atoms with Crippen molar-refractivity contribution in [3.05, 3.63) is 59.7 Å². The average molecular weight is 389 g/mol. The van der Waals surface area contributed by atoms with Gasteiger partial charge in [0.25, 0.3) is 0 Å². The number of hydrogen-bond acceptors (Lipinski definition) is 4. The van der Waals surface area contributed by atoms with Crippen LogP contribution in [-0.4, -0.2) is 11.5 Å². The molecule has 0 aromatic heterocycles. The minimum atomic E-state index is 0.629. The van der Waals surface area contributed by atoms with Crippen LogP contribution < -0.4 is 11.5 Å². The highest BCUT2D eigenvalue weighted by Gasteiger charge is 1.97. The summed E-state index contributed by atoms with van der Waals surface area (Å²) >= 11 is 3.92. The van der Waals surface area contributed by atoms with Crippen molar-refractivity contribution in [1.82, 2.24) is 0 Å². The molecule has 0 amide bonds. The Morgan fingerprint density at radius 1 is 0.500 bits per heavy atom. The fourth-order valence-electron chi connectivity index (χ4n) is 2.73. The second-order valence-corrected chi connectivity index (χ2v) is 8.85. The van der Waals surface area contributed by atoms with Crippen molar-refractivity contribution in [2.24, 2.45) is 11.5 Å². The Bertz CT molecular complexity index is 541. The van der Waals surface area contributed by atoms with Crippen molar-refractivity contribution >= 4 is 23.5 Å². The predicted molar refractivity (Wildman–Crippen MR) is 118 cm³/mol. The summed E-state index contributed by atoms with van der Waals surface area (Å²) in [5.41, 5.74) is 13.7. The third-order valence-electron chi connectivity index (χ3n) is 4.39. The number of benzene rings is 2. The normalized spacial score (nSPS) is 11.0. The van der Waals surface area contributed by atoms with E-state index in [0.29, 0.717) is 13.1 Å². The molecule has 0 heterocycles. The Labute approximate surface area is 167 Å². The molecule has 142 valence electrons. The van der Waals surface area contributed by atoms with Gasteiger partial charge in [-0.1, -0.05) is 49.9 Å². The molecule has 2 nitrogen and oxygen atoms in total. The lowest BCUT2D eigenvalue weighted by molar-refractivity contribution is 0.629. The van der Waals surface area contributed by atoms with Crippen LogP contribution in [-0.2, 0) is 13.1 Å². The highest BCUT2D eigenvalue weighted by molar-refractivity contribution is 7.99. The van der Waals surface area contributed by atoms with Crippen molar-refractivity contribution in [3.63, 3.8) is 0 Å². The summed E-state index contributed by atoms with van der Waals surface area (Å²) in [4.78, 5) is 2.72. The quantitative estimate of drug-likeness (QED) is 0.335. The first-order chi connectivity index (χ1) is 12.8. The summed E-state index contributed by atoms with van der Waals surface area (Å²) in [6, 6.07) is 17.3. The molecule has 2 aromatic rings. The van der Waals surface area contributed by atoms with E-state index in [0.717, 1.165) is 0 Å². The van der Waals surface area contributed by atoms with Crippen molar-refractivity contribution in [1.29, 1.82) is 0 Å². The molecule has 0 spiro atoms. The van der Waals surface area contributed by atoms with Crippen LogP contribution in [0.5, 0.6) is 0 Å². The largest absolute Gasteiger partial charge is 0.326 e. The van der Waals surface area contributed by atoms with Gasteiger partial charge in [0.05, 0.1) is 0 Å². The molecule has 0 aliphatic carbocycles. The van der Waals surface area contributed by atoms with Gasteiger partial charge in [0, 0.05) is 22.9 Å². The van der Waals surface area contributed by atoms with Crippen LogP contribution in [0.15, 0.2) is 58.3 Å². The lowest BCUT2D eigenvalue weighted by Gasteiger charge is -2.05. The van der Waals surface area contributed by atoms with Crippen LogP contribution in [0.2, 0.25) is 0 Å². The molecule has 0 atom stereocenters. The molecule has 2 rings (SSSR count). The first-order valence-electron chi connectivity index (χ1n) is 9.65. The van der Waals surface area contributed by atoms with Gasteiger partial charge in [0.2, 0.25) is 0 Å². The summed E-state index contributed by atoms with van der Waals surface area (Å²) < 4.78 is 0. The summed E-state index contributed by atoms with van der Waals surface area (Å²) in [5, 5.41) is 0. The summed E-state index contributed by atoms with van der Waals surface area (Å²) in [6.07, 6.45) is 8.05. The predicted octanol–water partition coefficient (Wildman–Crippen LogP) is 5.83. The van der Waals surface area contributed by atoms with Crippen LogP contribution in [0.3, 0.4) is 0 Å². The summed E-state index contributed by atoms with van der Waals surface area (Å²) in [5.74, 6) is 2.44. The van der Waals surface area contributed by atoms with Gasteiger partial charge < -0.3 is 11.5 Å². The molecule has 0 bridgehead atoms. The van der Waals surface area contributed by atoms with E-state index >= 15 is 0 Å². The van der Waals surface area contributed by atoms with E-state index < -0.39 is 0 Å². The Morgan fingerprint density at radius 2 is 0.846 bits per heavy atom. The molecule has 0 saturated heterocycles. The maximum atomic E-state index is 5.63. The van der Waals surface area contributed by atoms with Crippen molar-refractivity contribution in [2.45, 2.75) is 61.4 Å². The van der Waals surface area contributed by atoms with Crippen LogP contribution in [0.4, 0.5) is 0 Å². The zero-order chi connectivity index (χ0) is 18.5. The van der Waals surface area contributed by atoms with E-state index in [1.54, 1.807) is 0 Å². The molecule has 0 radical (unpaired) electrons. The van der Waals surface area contributed by atoms with Crippen LogP contribution in [0.25, 0.3) is 0 Å². The second kappa shape index (κ2) is 13.3. The van der Waals surface area contributed by atoms with Gasteiger partial charge >= 0.3 is 0 Å². The first-order valence-corrected chi connectivity index (χ1v) is 11.6. The number of unbranched alkanes of at least 4 members (excludes halogenated alkanes) is 5. The van der Waals surface area contributed by atoms with E-state index in [1.165, 1.54) is 70.9 Å². The smallest absolute Gasteiger partial charge is 0.0178 e. The monoisotopic (exact) mass is 388 g/mol. The van der Waals surface area contributed by atoms with Gasteiger partial charge in [0.1, 0.15) is 0 Å². The molecule has 26 heavy (non-hydrogen) atoms. The van der Waals surface area contributed by atoms with E-state index in [2.05, 4.69) is 48.5 Å². The van der Waals surface area contributed by atoms with Gasteiger partial charge in [-0.25, -0.2) is 0 Å². The van der Waals surface area contributed by atoms with Crippen molar-refractivity contribution < 1.29 is 0 Å². The molecule has 0 saturated carbocycles. The number of rotatable bonds is 13. The van der Waals surface area contributed by atoms with Crippen LogP contribution in [0.1, 0.15) is 49.7 Å². The van der Waals surface area contributed by atoms with Crippen LogP contribution >= 0.6 is 23.5 Å². The molecule has 4 heteroatoms. The fourth-order valence-corrected chi connectivity index (χ4v) is 4.56. The van der Waals surface area contributed by atoms with E-state index in [1.807, 2.05) is 23.5 Å². The Hall–Kier alpha value is -0.940. The second-order valence-electron chi connectivity index (χ2n) is 6.51. The third kappa shape index (κ3) is 8.63. The van der Waals surface area contributed by atoms with Gasteiger partial charge in [0.15, 0.2) is 0 Å². The average Bonchev–Trinajstić information content (AvgIpc) is 2.70. The summed E-state index contributed by atoms with van der Waals surface area (Å²) in [6.45, 7) is 1.26. The highest BCUT2D eigenvalue weighted by atomic mass is 32.2. The Kier molecular flexibility index (Phi) is 10.9. The summed E-state index contributed by atoms with van der Waals surface area (Å²) in [7, 11) is 0. The van der Waals surface area contributed by atoms with Crippen molar-refractivity contribution in [3.8, 4) is 0 Å². The third-order valence-corrected chi connectivity index (χ3v) is 6.59. The minimum Gasteiger partial charge on any atom is -0.326 e. The zero-order valence-corrected chi connectivity index (χ0v) is 17.3. The van der Waals surface area contributed by atoms with Gasteiger partial charge in [-0.2, -0.15) is 0 Å². The van der Waals surface area contributed by atoms with Crippen molar-refractivity contribution in [2.75, 3.05) is 11.5 Å². The molecular weight excluding hydrogens is 356 g/mol. The fraction of sp³-hybridized carbons (Fsp3) is 0.455. The van der Waals surface area contributed by atoms with Gasteiger partial charge in [-0.15, -0.1) is 23.5 Å². The molecule has 4 N–H and O–H groups in total. The SMILES string of the molecule is NCc1ccc(SCCCCCCCCSc2ccc(CN)cc2)cc1. The van der Waals surface area contributed by atoms with Crippen LogP contribution in [0, 0.1) is 0 Å². The van der Waals surface area contributed by atoms with E-state index in [9.17, 15) is 0 Å². The lowest BCUT2D eigenvalue weighted by atomic mass is 10.1. The number of thioether (sulfide) groups is 2. The van der Waals surface area contributed by atoms with E-state index in [4.69, 9.17) is 11.5 Å². The zero-order valence-electron chi connectivity index (χ0n) is 15.7. The first kappa shape index (κ1) is 21.4. The van der Waals surface area contributed by atoms with Gasteiger partial charge in [-0.3, -0.25) is 0 Å². The Balaban J connectivity index is 1.41. The standard InChI is InChI=1S/C22H32N2S2/c23-17-19-7-11-21(12-8-19)25-15-5-3-1-2-4-6-16-26-22-13-9-20(18-24)10-14-22/h7-14H,1-6,15-18,23-24H2.